The Morgan fingerprint density at radius 1 is 0.818 bits per heavy atom. The summed E-state index contributed by atoms with van der Waals surface area (Å²) in [6, 6.07) is 0. The first-order chi connectivity index (χ1) is 15.5. The molecule has 2 heterocycles. The third-order valence-electron chi connectivity index (χ3n) is 14.0. The van der Waals surface area contributed by atoms with Gasteiger partial charge in [0.1, 0.15) is 0 Å². The molecule has 11 unspecified atom stereocenters. The van der Waals surface area contributed by atoms with Crippen LogP contribution < -0.4 is 0 Å². The standard InChI is InChI=1S/C31H50O2/c1-19(2)20-11-14-28(5)17-18-29(6)21(25(20)28)9-10-23-30(29,7)15-12-22-27(3,4)24-13-16-31(22,23)26(32-8)33-24/h20-26H,1,9-18H2,2-8H3. The predicted octanol–water partition coefficient (Wildman–Crippen LogP) is 8.02. The molecule has 2 nitrogen and oxygen atoms in total. The van der Waals surface area contributed by atoms with Crippen LogP contribution >= 0.6 is 0 Å². The van der Waals surface area contributed by atoms with E-state index in [1.165, 1.54) is 69.8 Å². The Bertz CT molecular complexity index is 846. The Balaban J connectivity index is 1.44. The average molecular weight is 455 g/mol. The summed E-state index contributed by atoms with van der Waals surface area (Å²) in [7, 11) is 1.92. The largest absolute Gasteiger partial charge is 0.355 e. The summed E-state index contributed by atoms with van der Waals surface area (Å²) >= 11 is 0. The Morgan fingerprint density at radius 3 is 2.27 bits per heavy atom. The highest BCUT2D eigenvalue weighted by Gasteiger charge is 2.75. The van der Waals surface area contributed by atoms with Gasteiger partial charge in [-0.2, -0.15) is 0 Å². The number of ether oxygens (including phenoxy) is 2. The maximum atomic E-state index is 6.77. The molecule has 5 saturated carbocycles. The van der Waals surface area contributed by atoms with Gasteiger partial charge in [-0.1, -0.05) is 46.8 Å². The Kier molecular flexibility index (Phi) is 4.83. The SMILES string of the molecule is C=C(C)C1CCC2(C)CCC3(C)C(CCC4C56CCC(OC5OC)C(C)(C)C6CCC43C)C12. The Hall–Kier alpha value is -0.340. The third kappa shape index (κ3) is 2.54. The molecule has 0 aromatic rings. The highest BCUT2D eigenvalue weighted by Crippen LogP contribution is 2.79. The molecule has 7 fully saturated rings. The van der Waals surface area contributed by atoms with Crippen molar-refractivity contribution in [1.82, 2.24) is 0 Å². The third-order valence-corrected chi connectivity index (χ3v) is 14.0. The normalized spacial score (nSPS) is 58.7. The van der Waals surface area contributed by atoms with Gasteiger partial charge in [0.05, 0.1) is 6.10 Å². The van der Waals surface area contributed by atoms with Crippen molar-refractivity contribution < 1.29 is 9.47 Å². The van der Waals surface area contributed by atoms with Crippen LogP contribution in [0.4, 0.5) is 0 Å². The van der Waals surface area contributed by atoms with Gasteiger partial charge in [-0.25, -0.2) is 0 Å². The van der Waals surface area contributed by atoms with E-state index in [0.29, 0.717) is 22.3 Å². The zero-order chi connectivity index (χ0) is 23.6. The summed E-state index contributed by atoms with van der Waals surface area (Å²) in [5, 5.41) is 0. The van der Waals surface area contributed by atoms with Crippen molar-refractivity contribution in [3.8, 4) is 0 Å². The van der Waals surface area contributed by atoms with E-state index < -0.39 is 0 Å². The lowest BCUT2D eigenvalue weighted by molar-refractivity contribution is -0.384. The lowest BCUT2D eigenvalue weighted by Gasteiger charge is -2.76. The molecule has 0 N–H and O–H groups in total. The minimum absolute atomic E-state index is 0.00237. The minimum atomic E-state index is 0.00237. The second-order valence-corrected chi connectivity index (χ2v) is 15.0. The van der Waals surface area contributed by atoms with E-state index in [9.17, 15) is 0 Å². The second-order valence-electron chi connectivity index (χ2n) is 15.0. The van der Waals surface area contributed by atoms with Crippen molar-refractivity contribution >= 4 is 0 Å². The van der Waals surface area contributed by atoms with Crippen LogP contribution in [-0.4, -0.2) is 19.5 Å². The van der Waals surface area contributed by atoms with Gasteiger partial charge in [0.2, 0.25) is 0 Å². The van der Waals surface area contributed by atoms with Gasteiger partial charge in [0, 0.05) is 12.5 Å². The van der Waals surface area contributed by atoms with Crippen LogP contribution in [0.15, 0.2) is 12.2 Å². The van der Waals surface area contributed by atoms with Crippen molar-refractivity contribution in [3.05, 3.63) is 12.2 Å². The first-order valence-electron chi connectivity index (χ1n) is 14.3. The van der Waals surface area contributed by atoms with Gasteiger partial charge < -0.3 is 9.47 Å². The molecule has 0 radical (unpaired) electrons. The zero-order valence-electron chi connectivity index (χ0n) is 22.6. The van der Waals surface area contributed by atoms with Crippen molar-refractivity contribution in [2.24, 2.45) is 56.7 Å². The lowest BCUT2D eigenvalue weighted by atomic mass is 9.31. The van der Waals surface area contributed by atoms with E-state index in [1.54, 1.807) is 0 Å². The molecule has 2 saturated heterocycles. The van der Waals surface area contributed by atoms with Gasteiger partial charge >= 0.3 is 0 Å². The van der Waals surface area contributed by atoms with E-state index in [1.807, 2.05) is 7.11 Å². The summed E-state index contributed by atoms with van der Waals surface area (Å²) in [6.07, 6.45) is 14.1. The monoisotopic (exact) mass is 454 g/mol. The zero-order valence-corrected chi connectivity index (χ0v) is 22.6. The van der Waals surface area contributed by atoms with Crippen LogP contribution in [0.25, 0.3) is 0 Å². The number of hydrogen-bond donors (Lipinski definition) is 0. The molecule has 2 bridgehead atoms. The first-order valence-corrected chi connectivity index (χ1v) is 14.3. The van der Waals surface area contributed by atoms with Crippen molar-refractivity contribution in [2.45, 2.75) is 118 Å². The highest BCUT2D eigenvalue weighted by atomic mass is 16.7. The summed E-state index contributed by atoms with van der Waals surface area (Å²) in [5.74, 6) is 3.90. The summed E-state index contributed by atoms with van der Waals surface area (Å²) < 4.78 is 13.0. The molecule has 33 heavy (non-hydrogen) atoms. The van der Waals surface area contributed by atoms with E-state index in [-0.39, 0.29) is 17.1 Å². The van der Waals surface area contributed by atoms with E-state index in [4.69, 9.17) is 9.47 Å². The number of methoxy groups -OCH3 is 1. The lowest BCUT2D eigenvalue weighted by Crippen LogP contribution is -2.73. The molecule has 7 aliphatic rings. The van der Waals surface area contributed by atoms with Gasteiger partial charge in [-0.3, -0.25) is 0 Å². The van der Waals surface area contributed by atoms with Crippen molar-refractivity contribution in [2.75, 3.05) is 7.11 Å². The fraction of sp³-hybridized carbons (Fsp3) is 0.935. The fourth-order valence-corrected chi connectivity index (χ4v) is 12.2. The molecule has 7 rings (SSSR count). The average Bonchev–Trinajstić information content (AvgIpc) is 3.12. The molecule has 11 atom stereocenters. The van der Waals surface area contributed by atoms with Gasteiger partial charge in [-0.05, 0) is 122 Å². The fourth-order valence-electron chi connectivity index (χ4n) is 12.2. The van der Waals surface area contributed by atoms with Crippen molar-refractivity contribution in [3.63, 3.8) is 0 Å². The van der Waals surface area contributed by atoms with Crippen LogP contribution in [0.1, 0.15) is 106 Å². The summed E-state index contributed by atoms with van der Waals surface area (Å²) in [5.41, 5.74) is 3.29. The van der Waals surface area contributed by atoms with E-state index in [0.717, 1.165) is 29.6 Å². The van der Waals surface area contributed by atoms with Crippen LogP contribution in [0.2, 0.25) is 0 Å². The molecule has 0 amide bonds. The minimum Gasteiger partial charge on any atom is -0.355 e. The summed E-state index contributed by atoms with van der Waals surface area (Å²) in [4.78, 5) is 0. The molecular formula is C31H50O2. The molecule has 2 aliphatic heterocycles. The maximum Gasteiger partial charge on any atom is 0.163 e. The Labute approximate surface area is 203 Å². The number of fused-ring (bicyclic) bond motifs is 7. The van der Waals surface area contributed by atoms with Crippen LogP contribution in [0.3, 0.4) is 0 Å². The second kappa shape index (κ2) is 6.90. The molecule has 0 aromatic carbocycles. The molecular weight excluding hydrogens is 404 g/mol. The topological polar surface area (TPSA) is 18.5 Å². The molecule has 2 heteroatoms. The van der Waals surface area contributed by atoms with Gasteiger partial charge in [0.25, 0.3) is 0 Å². The van der Waals surface area contributed by atoms with Crippen LogP contribution in [0.5, 0.6) is 0 Å². The van der Waals surface area contributed by atoms with E-state index in [2.05, 4.69) is 48.1 Å². The number of hydrogen-bond acceptors (Lipinski definition) is 2. The van der Waals surface area contributed by atoms with E-state index >= 15 is 0 Å². The molecule has 5 aliphatic carbocycles. The smallest absolute Gasteiger partial charge is 0.163 e. The predicted molar refractivity (Wildman–Crippen MR) is 135 cm³/mol. The quantitative estimate of drug-likeness (QED) is 0.393. The molecule has 186 valence electrons. The Morgan fingerprint density at radius 2 is 1.58 bits per heavy atom. The first kappa shape index (κ1) is 23.1. The molecule has 1 spiro atoms. The molecule has 0 aromatic heterocycles. The van der Waals surface area contributed by atoms with Crippen LogP contribution in [0, 0.1) is 56.7 Å². The number of allylic oxidation sites excluding steroid dienone is 1. The maximum absolute atomic E-state index is 6.77. The summed E-state index contributed by atoms with van der Waals surface area (Å²) in [6.45, 7) is 20.0. The van der Waals surface area contributed by atoms with Gasteiger partial charge in [0.15, 0.2) is 6.29 Å². The highest BCUT2D eigenvalue weighted by molar-refractivity contribution is 5.23. The van der Waals surface area contributed by atoms with Crippen LogP contribution in [-0.2, 0) is 9.47 Å². The number of rotatable bonds is 2. The van der Waals surface area contributed by atoms with Crippen molar-refractivity contribution in [1.29, 1.82) is 0 Å². The van der Waals surface area contributed by atoms with Gasteiger partial charge in [-0.15, -0.1) is 0 Å².